The molecule has 1 aliphatic rings. The molecule has 1 aromatic rings. The number of hydrogen-bond acceptors (Lipinski definition) is 5. The molecular weight excluding hydrogens is 392 g/mol. The molecule has 0 aromatic heterocycles. The first-order chi connectivity index (χ1) is 14.9. The molecule has 0 amide bonds. The minimum Gasteiger partial charge on any atom is -0.463 e. The summed E-state index contributed by atoms with van der Waals surface area (Å²) in [5, 5.41) is 31.2. The van der Waals surface area contributed by atoms with E-state index in [1.807, 2.05) is 38.1 Å². The number of hydrogen-bond donors (Lipinski definition) is 3. The average Bonchev–Trinajstić information content (AvgIpc) is 3.00. The highest BCUT2D eigenvalue weighted by Gasteiger charge is 2.40. The molecule has 0 aliphatic heterocycles. The molecule has 5 atom stereocenters. The third-order valence-electron chi connectivity index (χ3n) is 6.16. The lowest BCUT2D eigenvalue weighted by Gasteiger charge is -2.23. The van der Waals surface area contributed by atoms with Gasteiger partial charge in [0.1, 0.15) is 0 Å². The van der Waals surface area contributed by atoms with E-state index in [1.54, 1.807) is 0 Å². The Morgan fingerprint density at radius 3 is 2.52 bits per heavy atom. The summed E-state index contributed by atoms with van der Waals surface area (Å²) in [5.41, 5.74) is 1.22. The number of allylic oxidation sites excluding steroid dienone is 2. The number of aliphatic hydroxyl groups is 3. The van der Waals surface area contributed by atoms with Crippen molar-refractivity contribution in [2.75, 3.05) is 0 Å². The van der Waals surface area contributed by atoms with Crippen LogP contribution in [-0.4, -0.2) is 45.7 Å². The molecule has 1 aliphatic carbocycles. The number of benzene rings is 1. The van der Waals surface area contributed by atoms with E-state index in [1.165, 1.54) is 5.56 Å². The Labute approximate surface area is 187 Å². The summed E-state index contributed by atoms with van der Waals surface area (Å²) in [4.78, 5) is 11.5. The van der Waals surface area contributed by atoms with E-state index in [0.29, 0.717) is 38.5 Å². The molecule has 31 heavy (non-hydrogen) atoms. The molecule has 1 saturated carbocycles. The highest BCUT2D eigenvalue weighted by Crippen LogP contribution is 2.38. The summed E-state index contributed by atoms with van der Waals surface area (Å²) in [6.07, 6.45) is 8.58. The van der Waals surface area contributed by atoms with Crippen LogP contribution in [0.5, 0.6) is 0 Å². The second-order valence-corrected chi connectivity index (χ2v) is 9.09. The van der Waals surface area contributed by atoms with Gasteiger partial charge in [0.15, 0.2) is 0 Å². The van der Waals surface area contributed by atoms with Crippen LogP contribution in [-0.2, 0) is 16.0 Å². The van der Waals surface area contributed by atoms with Gasteiger partial charge in [-0.05, 0) is 82.6 Å². The number of esters is 1. The maximum absolute atomic E-state index is 11.5. The lowest BCUT2D eigenvalue weighted by Crippen LogP contribution is -2.23. The van der Waals surface area contributed by atoms with Gasteiger partial charge in [-0.25, -0.2) is 0 Å². The maximum atomic E-state index is 11.5. The van der Waals surface area contributed by atoms with E-state index in [0.717, 1.165) is 19.3 Å². The fraction of sp³-hybridized carbons (Fsp3) is 0.654. The highest BCUT2D eigenvalue weighted by molar-refractivity contribution is 5.69. The average molecular weight is 433 g/mol. The number of aliphatic hydroxyl groups excluding tert-OH is 3. The Kier molecular flexibility index (Phi) is 11.3. The zero-order chi connectivity index (χ0) is 22.6. The topological polar surface area (TPSA) is 87.0 Å². The molecule has 0 heterocycles. The first-order valence-electron chi connectivity index (χ1n) is 11.8. The maximum Gasteiger partial charge on any atom is 0.306 e. The molecule has 1 fully saturated rings. The van der Waals surface area contributed by atoms with Gasteiger partial charge >= 0.3 is 5.97 Å². The van der Waals surface area contributed by atoms with Crippen LogP contribution >= 0.6 is 0 Å². The van der Waals surface area contributed by atoms with Gasteiger partial charge in [-0.15, -0.1) is 0 Å². The van der Waals surface area contributed by atoms with Crippen LogP contribution in [0, 0.1) is 11.8 Å². The van der Waals surface area contributed by atoms with Crippen molar-refractivity contribution in [3.8, 4) is 0 Å². The molecule has 0 saturated heterocycles. The minimum atomic E-state index is -0.513. The van der Waals surface area contributed by atoms with Crippen LogP contribution in [0.2, 0.25) is 0 Å². The van der Waals surface area contributed by atoms with E-state index in [2.05, 4.69) is 18.2 Å². The molecule has 1 aromatic carbocycles. The summed E-state index contributed by atoms with van der Waals surface area (Å²) in [7, 11) is 0. The second-order valence-electron chi connectivity index (χ2n) is 9.09. The number of ether oxygens (including phenoxy) is 1. The van der Waals surface area contributed by atoms with E-state index < -0.39 is 18.3 Å². The fourth-order valence-electron chi connectivity index (χ4n) is 4.47. The summed E-state index contributed by atoms with van der Waals surface area (Å²) >= 11 is 0. The molecule has 0 radical (unpaired) electrons. The van der Waals surface area contributed by atoms with Crippen molar-refractivity contribution in [3.05, 3.63) is 48.0 Å². The summed E-state index contributed by atoms with van der Waals surface area (Å²) < 4.78 is 5.12. The normalized spacial score (nSPS) is 24.7. The largest absolute Gasteiger partial charge is 0.463 e. The Morgan fingerprint density at radius 2 is 1.81 bits per heavy atom. The fourth-order valence-corrected chi connectivity index (χ4v) is 4.47. The molecule has 0 unspecified atom stereocenters. The van der Waals surface area contributed by atoms with Gasteiger partial charge in [-0.3, -0.25) is 4.79 Å². The van der Waals surface area contributed by atoms with Crippen LogP contribution in [0.15, 0.2) is 42.5 Å². The van der Waals surface area contributed by atoms with Gasteiger partial charge in [0, 0.05) is 6.42 Å². The summed E-state index contributed by atoms with van der Waals surface area (Å²) in [6.45, 7) is 3.69. The summed E-state index contributed by atoms with van der Waals surface area (Å²) in [6, 6.07) is 10.1. The quantitative estimate of drug-likeness (QED) is 0.247. The Morgan fingerprint density at radius 1 is 1.10 bits per heavy atom. The predicted octanol–water partition coefficient (Wildman–Crippen LogP) is 4.19. The molecule has 0 spiro atoms. The van der Waals surface area contributed by atoms with E-state index >= 15 is 0 Å². The first-order valence-corrected chi connectivity index (χ1v) is 11.8. The van der Waals surface area contributed by atoms with E-state index in [-0.39, 0.29) is 23.9 Å². The first kappa shape index (κ1) is 25.6. The number of carbonyl (C=O) groups excluding carboxylic acids is 1. The van der Waals surface area contributed by atoms with Gasteiger partial charge in [0.2, 0.25) is 0 Å². The Balaban J connectivity index is 1.70. The van der Waals surface area contributed by atoms with E-state index in [4.69, 9.17) is 4.74 Å². The van der Waals surface area contributed by atoms with Gasteiger partial charge in [-0.2, -0.15) is 0 Å². The summed E-state index contributed by atoms with van der Waals surface area (Å²) in [5.74, 6) is -0.144. The molecule has 5 nitrogen and oxygen atoms in total. The van der Waals surface area contributed by atoms with Crippen molar-refractivity contribution < 1.29 is 24.9 Å². The van der Waals surface area contributed by atoms with Crippen LogP contribution in [0.3, 0.4) is 0 Å². The zero-order valence-corrected chi connectivity index (χ0v) is 19.0. The smallest absolute Gasteiger partial charge is 0.306 e. The van der Waals surface area contributed by atoms with Gasteiger partial charge in [-0.1, -0.05) is 42.5 Å². The predicted molar refractivity (Wildman–Crippen MR) is 122 cm³/mol. The zero-order valence-electron chi connectivity index (χ0n) is 19.0. The van der Waals surface area contributed by atoms with Crippen LogP contribution in [0.25, 0.3) is 0 Å². The third-order valence-corrected chi connectivity index (χ3v) is 6.16. The Bertz CT molecular complexity index is 657. The monoisotopic (exact) mass is 432 g/mol. The minimum absolute atomic E-state index is 0.00652. The lowest BCUT2D eigenvalue weighted by molar-refractivity contribution is -0.147. The van der Waals surface area contributed by atoms with Crippen LogP contribution in [0.1, 0.15) is 70.8 Å². The van der Waals surface area contributed by atoms with Crippen molar-refractivity contribution in [3.63, 3.8) is 0 Å². The van der Waals surface area contributed by atoms with Crippen molar-refractivity contribution in [2.45, 2.75) is 96.1 Å². The van der Waals surface area contributed by atoms with Crippen LogP contribution in [0.4, 0.5) is 0 Å². The highest BCUT2D eigenvalue weighted by atomic mass is 16.5. The standard InChI is InChI=1S/C26H40O5/c1-19(2)31-26(30)13-9-4-3-8-12-22-23(25(29)18-24(22)28)17-16-21(27)15-14-20-10-6-5-7-11-20/h3,5-8,10-11,19,21-25,27-29H,4,9,12-18H2,1-2H3/t21-,22-,23-,24+,25-/m1/s1. The number of aryl methyl sites for hydroxylation is 1. The Hall–Kier alpha value is -1.69. The molecule has 174 valence electrons. The van der Waals surface area contributed by atoms with E-state index in [9.17, 15) is 20.1 Å². The SMILES string of the molecule is CC(C)OC(=O)CCCC=CC[C@@H]1[C@@H](CC[C@H](O)CCc2ccccc2)[C@H](O)C[C@@H]1O. The van der Waals surface area contributed by atoms with Gasteiger partial charge in [0.25, 0.3) is 0 Å². The molecule has 3 N–H and O–H groups in total. The van der Waals surface area contributed by atoms with Crippen molar-refractivity contribution in [2.24, 2.45) is 11.8 Å². The molecular formula is C26H40O5. The van der Waals surface area contributed by atoms with Gasteiger partial charge in [0.05, 0.1) is 24.4 Å². The third kappa shape index (κ3) is 9.55. The van der Waals surface area contributed by atoms with Gasteiger partial charge < -0.3 is 20.1 Å². The number of carbonyl (C=O) groups is 1. The molecule has 2 rings (SSSR count). The van der Waals surface area contributed by atoms with Crippen molar-refractivity contribution in [1.82, 2.24) is 0 Å². The molecule has 5 heteroatoms. The lowest BCUT2D eigenvalue weighted by atomic mass is 9.85. The second kappa shape index (κ2) is 13.7. The number of rotatable bonds is 13. The van der Waals surface area contributed by atoms with Crippen LogP contribution < -0.4 is 0 Å². The van der Waals surface area contributed by atoms with Crippen molar-refractivity contribution in [1.29, 1.82) is 0 Å². The molecule has 0 bridgehead atoms. The number of unbranched alkanes of at least 4 members (excludes halogenated alkanes) is 1. The van der Waals surface area contributed by atoms with Crippen molar-refractivity contribution >= 4 is 5.97 Å².